The van der Waals surface area contributed by atoms with Crippen molar-refractivity contribution in [3.63, 3.8) is 0 Å². The molecule has 3 N–H and O–H groups in total. The minimum absolute atomic E-state index is 0.0790. The fourth-order valence-electron chi connectivity index (χ4n) is 1.55. The molecule has 0 aliphatic carbocycles. The standard InChI is InChI=1S/C13H20N2O3/c1-9-4-5-10(2)12(11(9)3)18-8-15-13(17)14-6-7-16/h4-5,16H,6-8H2,1-3H3,(H2,14,15,17). The van der Waals surface area contributed by atoms with Crippen LogP contribution in [0.15, 0.2) is 12.1 Å². The Morgan fingerprint density at radius 1 is 1.22 bits per heavy atom. The Morgan fingerprint density at radius 3 is 2.56 bits per heavy atom. The van der Waals surface area contributed by atoms with Crippen molar-refractivity contribution in [2.24, 2.45) is 0 Å². The molecule has 0 heterocycles. The highest BCUT2D eigenvalue weighted by Gasteiger charge is 2.06. The van der Waals surface area contributed by atoms with Gasteiger partial charge >= 0.3 is 6.03 Å². The number of aliphatic hydroxyl groups excluding tert-OH is 1. The molecule has 1 aromatic rings. The Bertz CT molecular complexity index is 419. The Morgan fingerprint density at radius 2 is 1.89 bits per heavy atom. The van der Waals surface area contributed by atoms with Gasteiger partial charge in [0.15, 0.2) is 6.73 Å². The van der Waals surface area contributed by atoms with E-state index in [0.717, 1.165) is 22.4 Å². The molecule has 0 radical (unpaired) electrons. The van der Waals surface area contributed by atoms with Gasteiger partial charge in [-0.3, -0.25) is 0 Å². The van der Waals surface area contributed by atoms with Crippen molar-refractivity contribution in [1.29, 1.82) is 0 Å². The molecule has 0 aliphatic heterocycles. The number of rotatable bonds is 5. The topological polar surface area (TPSA) is 70.6 Å². The van der Waals surface area contributed by atoms with E-state index in [9.17, 15) is 4.79 Å². The predicted molar refractivity (Wildman–Crippen MR) is 69.8 cm³/mol. The fourth-order valence-corrected chi connectivity index (χ4v) is 1.55. The van der Waals surface area contributed by atoms with E-state index in [1.54, 1.807) is 0 Å². The number of urea groups is 1. The summed E-state index contributed by atoms with van der Waals surface area (Å²) >= 11 is 0. The molecule has 2 amide bonds. The Labute approximate surface area is 107 Å². The van der Waals surface area contributed by atoms with Crippen LogP contribution in [0.5, 0.6) is 5.75 Å². The van der Waals surface area contributed by atoms with E-state index in [2.05, 4.69) is 10.6 Å². The maximum atomic E-state index is 11.2. The summed E-state index contributed by atoms with van der Waals surface area (Å²) in [5, 5.41) is 13.6. The number of aryl methyl sites for hydroxylation is 2. The van der Waals surface area contributed by atoms with Crippen LogP contribution in [0.3, 0.4) is 0 Å². The van der Waals surface area contributed by atoms with Crippen molar-refractivity contribution in [1.82, 2.24) is 10.6 Å². The molecule has 0 fully saturated rings. The van der Waals surface area contributed by atoms with Crippen LogP contribution in [-0.2, 0) is 0 Å². The summed E-state index contributed by atoms with van der Waals surface area (Å²) in [7, 11) is 0. The Balaban J connectivity index is 2.49. The number of hydrogen-bond donors (Lipinski definition) is 3. The molecule has 5 heteroatoms. The largest absolute Gasteiger partial charge is 0.473 e. The Kier molecular flexibility index (Phi) is 5.45. The first-order valence-corrected chi connectivity index (χ1v) is 5.88. The van der Waals surface area contributed by atoms with Gasteiger partial charge in [-0.25, -0.2) is 4.79 Å². The summed E-state index contributed by atoms with van der Waals surface area (Å²) < 4.78 is 5.56. The van der Waals surface area contributed by atoms with E-state index in [0.29, 0.717) is 0 Å². The van der Waals surface area contributed by atoms with Crippen LogP contribution >= 0.6 is 0 Å². The highest BCUT2D eigenvalue weighted by molar-refractivity contribution is 5.73. The molecule has 0 atom stereocenters. The number of ether oxygens (including phenoxy) is 1. The van der Waals surface area contributed by atoms with E-state index >= 15 is 0 Å². The van der Waals surface area contributed by atoms with Gasteiger partial charge in [0.25, 0.3) is 0 Å². The van der Waals surface area contributed by atoms with Gasteiger partial charge in [-0.1, -0.05) is 12.1 Å². The predicted octanol–water partition coefficient (Wildman–Crippen LogP) is 1.24. The van der Waals surface area contributed by atoms with Crippen molar-refractivity contribution < 1.29 is 14.6 Å². The van der Waals surface area contributed by atoms with E-state index in [1.807, 2.05) is 32.9 Å². The SMILES string of the molecule is Cc1ccc(C)c(OCNC(=O)NCCO)c1C. The number of hydrogen-bond acceptors (Lipinski definition) is 3. The van der Waals surface area contributed by atoms with Crippen molar-refractivity contribution in [2.75, 3.05) is 19.9 Å². The van der Waals surface area contributed by atoms with Gasteiger partial charge in [-0.2, -0.15) is 0 Å². The van der Waals surface area contributed by atoms with E-state index < -0.39 is 0 Å². The van der Waals surface area contributed by atoms with Gasteiger partial charge in [0.05, 0.1) is 6.61 Å². The van der Waals surface area contributed by atoms with Crippen molar-refractivity contribution >= 4 is 6.03 Å². The third-order valence-corrected chi connectivity index (χ3v) is 2.72. The molecule has 0 saturated carbocycles. The maximum absolute atomic E-state index is 11.2. The van der Waals surface area contributed by atoms with Gasteiger partial charge in [0.2, 0.25) is 0 Å². The van der Waals surface area contributed by atoms with Crippen molar-refractivity contribution in [3.05, 3.63) is 28.8 Å². The number of nitrogens with one attached hydrogen (secondary N) is 2. The van der Waals surface area contributed by atoms with Gasteiger partial charge in [0, 0.05) is 6.54 Å². The van der Waals surface area contributed by atoms with Crippen LogP contribution in [0.25, 0.3) is 0 Å². The molecular weight excluding hydrogens is 232 g/mol. The highest BCUT2D eigenvalue weighted by atomic mass is 16.5. The first-order chi connectivity index (χ1) is 8.56. The average molecular weight is 252 g/mol. The van der Waals surface area contributed by atoms with Crippen LogP contribution in [-0.4, -0.2) is 31.0 Å². The number of benzene rings is 1. The zero-order valence-electron chi connectivity index (χ0n) is 11.0. The zero-order valence-corrected chi connectivity index (χ0v) is 11.0. The molecule has 0 unspecified atom stereocenters. The van der Waals surface area contributed by atoms with Crippen LogP contribution in [0.4, 0.5) is 4.79 Å². The summed E-state index contributed by atoms with van der Waals surface area (Å²) in [4.78, 5) is 11.2. The Hall–Kier alpha value is -1.75. The number of carbonyl (C=O) groups is 1. The molecule has 100 valence electrons. The van der Waals surface area contributed by atoms with Gasteiger partial charge in [-0.15, -0.1) is 0 Å². The van der Waals surface area contributed by atoms with Crippen molar-refractivity contribution in [3.8, 4) is 5.75 Å². The minimum atomic E-state index is -0.355. The fraction of sp³-hybridized carbons (Fsp3) is 0.462. The third kappa shape index (κ3) is 3.92. The number of amides is 2. The second-order valence-corrected chi connectivity index (χ2v) is 4.10. The normalized spacial score (nSPS) is 10.0. The van der Waals surface area contributed by atoms with E-state index in [4.69, 9.17) is 9.84 Å². The van der Waals surface area contributed by atoms with Crippen LogP contribution in [0.1, 0.15) is 16.7 Å². The van der Waals surface area contributed by atoms with Gasteiger partial charge in [-0.05, 0) is 37.5 Å². The summed E-state index contributed by atoms with van der Waals surface area (Å²) in [5.41, 5.74) is 3.27. The smallest absolute Gasteiger partial charge is 0.317 e. The number of aliphatic hydroxyl groups is 1. The first-order valence-electron chi connectivity index (χ1n) is 5.88. The lowest BCUT2D eigenvalue weighted by Crippen LogP contribution is -2.39. The zero-order chi connectivity index (χ0) is 13.5. The molecule has 18 heavy (non-hydrogen) atoms. The maximum Gasteiger partial charge on any atom is 0.317 e. The molecule has 0 saturated heterocycles. The van der Waals surface area contributed by atoms with Gasteiger partial charge in [0.1, 0.15) is 5.75 Å². The van der Waals surface area contributed by atoms with Crippen LogP contribution in [0, 0.1) is 20.8 Å². The molecule has 1 rings (SSSR count). The van der Waals surface area contributed by atoms with Crippen molar-refractivity contribution in [2.45, 2.75) is 20.8 Å². The lowest BCUT2D eigenvalue weighted by Gasteiger charge is -2.14. The summed E-state index contributed by atoms with van der Waals surface area (Å²) in [6.45, 7) is 6.22. The quantitative estimate of drug-likeness (QED) is 0.690. The minimum Gasteiger partial charge on any atom is -0.473 e. The summed E-state index contributed by atoms with van der Waals surface area (Å²) in [5.74, 6) is 0.803. The summed E-state index contributed by atoms with van der Waals surface area (Å²) in [6.07, 6.45) is 0. The highest BCUT2D eigenvalue weighted by Crippen LogP contribution is 2.25. The second-order valence-electron chi connectivity index (χ2n) is 4.10. The lowest BCUT2D eigenvalue weighted by molar-refractivity contribution is 0.218. The lowest BCUT2D eigenvalue weighted by atomic mass is 10.1. The monoisotopic (exact) mass is 252 g/mol. The molecular formula is C13H20N2O3. The molecule has 0 aliphatic rings. The molecule has 5 nitrogen and oxygen atoms in total. The van der Waals surface area contributed by atoms with Crippen LogP contribution in [0.2, 0.25) is 0 Å². The molecule has 0 spiro atoms. The van der Waals surface area contributed by atoms with Gasteiger partial charge < -0.3 is 20.5 Å². The third-order valence-electron chi connectivity index (χ3n) is 2.72. The molecule has 0 aromatic heterocycles. The number of carbonyl (C=O) groups excluding carboxylic acids is 1. The van der Waals surface area contributed by atoms with E-state index in [-0.39, 0.29) is 25.9 Å². The first kappa shape index (κ1) is 14.3. The molecule has 1 aromatic carbocycles. The summed E-state index contributed by atoms with van der Waals surface area (Å²) in [6, 6.07) is 3.68. The van der Waals surface area contributed by atoms with E-state index in [1.165, 1.54) is 0 Å². The second kappa shape index (κ2) is 6.86. The van der Waals surface area contributed by atoms with Crippen LogP contribution < -0.4 is 15.4 Å². The average Bonchev–Trinajstić information content (AvgIpc) is 2.35. The molecule has 0 bridgehead atoms.